The smallest absolute Gasteiger partial charge is 0.290 e. The number of carbonyl (C=O) groups is 2. The molecule has 1 spiro atoms. The van der Waals surface area contributed by atoms with Crippen LogP contribution in [0.25, 0.3) is 0 Å². The Balaban J connectivity index is 0.000000706. The van der Waals surface area contributed by atoms with Gasteiger partial charge in [0.05, 0.1) is 17.1 Å². The molecular formula is C20H30N2O5S. The molecule has 156 valence electrons. The summed E-state index contributed by atoms with van der Waals surface area (Å²) in [5.41, 5.74) is 1.10. The molecule has 2 N–H and O–H groups in total. The highest BCUT2D eigenvalue weighted by Gasteiger charge is 2.42. The first kappa shape index (κ1) is 21.2. The van der Waals surface area contributed by atoms with Gasteiger partial charge in [-0.2, -0.15) is 0 Å². The van der Waals surface area contributed by atoms with Crippen LogP contribution in [0.2, 0.25) is 0 Å². The van der Waals surface area contributed by atoms with Crippen molar-refractivity contribution in [2.24, 2.45) is 5.92 Å². The number of nitrogens with zero attached hydrogens (tertiary/aromatic N) is 2. The molecule has 1 unspecified atom stereocenters. The van der Waals surface area contributed by atoms with Crippen LogP contribution in [0.3, 0.4) is 0 Å². The van der Waals surface area contributed by atoms with Gasteiger partial charge in [0.25, 0.3) is 12.4 Å². The lowest BCUT2D eigenvalue weighted by atomic mass is 9.82. The fourth-order valence-electron chi connectivity index (χ4n) is 4.49. The number of hydrogen-bond acceptors (Lipinski definition) is 6. The van der Waals surface area contributed by atoms with Crippen molar-refractivity contribution >= 4 is 23.7 Å². The number of carbonyl (C=O) groups excluding carboxylic acids is 1. The summed E-state index contributed by atoms with van der Waals surface area (Å²) in [6, 6.07) is 2.12. The van der Waals surface area contributed by atoms with E-state index in [2.05, 4.69) is 17.9 Å². The molecule has 0 aromatic carbocycles. The quantitative estimate of drug-likeness (QED) is 0.739. The Morgan fingerprint density at radius 1 is 1.39 bits per heavy atom. The van der Waals surface area contributed by atoms with E-state index in [1.165, 1.54) is 10.4 Å². The monoisotopic (exact) mass is 410 g/mol. The molecular weight excluding hydrogens is 380 g/mol. The molecule has 1 aromatic rings. The van der Waals surface area contributed by atoms with E-state index >= 15 is 0 Å². The summed E-state index contributed by atoms with van der Waals surface area (Å²) in [4.78, 5) is 27.8. The van der Waals surface area contributed by atoms with Crippen LogP contribution in [-0.2, 0) is 21.6 Å². The Bertz CT molecular complexity index is 684. The number of hydrogen-bond donors (Lipinski definition) is 2. The van der Waals surface area contributed by atoms with E-state index < -0.39 is 0 Å². The predicted molar refractivity (Wildman–Crippen MR) is 107 cm³/mol. The minimum Gasteiger partial charge on any atom is -0.483 e. The number of aliphatic hydroxyl groups excluding tert-OH is 1. The van der Waals surface area contributed by atoms with Crippen LogP contribution in [0.5, 0.6) is 0 Å². The SMILES string of the molecule is CCN1CCC2(CC1)OCCc1sc(C(=O)N3CCC(CO)C3)cc12.O=CO. The van der Waals surface area contributed by atoms with E-state index in [0.29, 0.717) is 6.54 Å². The summed E-state index contributed by atoms with van der Waals surface area (Å²) in [6.07, 6.45) is 3.88. The van der Waals surface area contributed by atoms with Crippen molar-refractivity contribution in [3.8, 4) is 0 Å². The van der Waals surface area contributed by atoms with Gasteiger partial charge in [0, 0.05) is 50.0 Å². The van der Waals surface area contributed by atoms with Crippen LogP contribution in [0.1, 0.15) is 46.3 Å². The zero-order valence-corrected chi connectivity index (χ0v) is 17.2. The van der Waals surface area contributed by atoms with Gasteiger partial charge in [0.2, 0.25) is 0 Å². The largest absolute Gasteiger partial charge is 0.483 e. The minimum atomic E-state index is -0.250. The zero-order chi connectivity index (χ0) is 20.1. The third kappa shape index (κ3) is 4.25. The third-order valence-corrected chi connectivity index (χ3v) is 7.34. The lowest BCUT2D eigenvalue weighted by Crippen LogP contribution is -2.46. The second kappa shape index (κ2) is 9.35. The minimum absolute atomic E-state index is 0.136. The molecule has 3 aliphatic rings. The van der Waals surface area contributed by atoms with Crippen LogP contribution in [-0.4, -0.2) is 78.3 Å². The van der Waals surface area contributed by atoms with Crippen LogP contribution >= 0.6 is 11.3 Å². The number of aliphatic hydroxyl groups is 1. The standard InChI is InChI=1S/C19H28N2O3S.CH2O2/c1-2-20-8-5-19(6-9-20)15-11-17(25-16(15)4-10-24-19)18(23)21-7-3-14(12-21)13-22;2-1-3/h11,14,22H,2-10,12-13H2,1H3;1H,(H,2,3). The second-order valence-electron chi connectivity index (χ2n) is 7.67. The fraction of sp³-hybridized carbons (Fsp3) is 0.700. The number of carboxylic acid groups (broad SMARTS) is 1. The van der Waals surface area contributed by atoms with Gasteiger partial charge in [-0.15, -0.1) is 11.3 Å². The van der Waals surface area contributed by atoms with Gasteiger partial charge < -0.3 is 24.7 Å². The lowest BCUT2D eigenvalue weighted by molar-refractivity contribution is -0.122. The molecule has 1 amide bonds. The highest BCUT2D eigenvalue weighted by Crippen LogP contribution is 2.44. The molecule has 2 fully saturated rings. The van der Waals surface area contributed by atoms with E-state index in [9.17, 15) is 9.90 Å². The molecule has 0 aliphatic carbocycles. The Morgan fingerprint density at radius 3 is 2.71 bits per heavy atom. The molecule has 3 aliphatic heterocycles. The first-order chi connectivity index (χ1) is 13.6. The molecule has 8 heteroatoms. The molecule has 4 heterocycles. The van der Waals surface area contributed by atoms with Crippen molar-refractivity contribution < 1.29 is 24.5 Å². The Kier molecular flexibility index (Phi) is 7.09. The molecule has 1 atom stereocenters. The first-order valence-electron chi connectivity index (χ1n) is 10.0. The number of rotatable bonds is 3. The second-order valence-corrected chi connectivity index (χ2v) is 8.81. The number of thiophene rings is 1. The van der Waals surface area contributed by atoms with Crippen LogP contribution in [0.4, 0.5) is 0 Å². The maximum atomic E-state index is 12.9. The van der Waals surface area contributed by atoms with E-state index in [1.807, 2.05) is 4.90 Å². The van der Waals surface area contributed by atoms with Gasteiger partial charge >= 0.3 is 0 Å². The molecule has 0 bridgehead atoms. The van der Waals surface area contributed by atoms with Crippen LogP contribution in [0.15, 0.2) is 6.07 Å². The summed E-state index contributed by atoms with van der Waals surface area (Å²) in [7, 11) is 0. The summed E-state index contributed by atoms with van der Waals surface area (Å²) in [6.45, 7) is 7.59. The van der Waals surface area contributed by atoms with Crippen molar-refractivity contribution in [1.29, 1.82) is 0 Å². The number of likely N-dealkylation sites (tertiary alicyclic amines) is 2. The van der Waals surface area contributed by atoms with Crippen molar-refractivity contribution in [1.82, 2.24) is 9.80 Å². The van der Waals surface area contributed by atoms with Gasteiger partial charge in [-0.25, -0.2) is 0 Å². The molecule has 0 radical (unpaired) electrons. The summed E-state index contributed by atoms with van der Waals surface area (Å²) in [5, 5.41) is 16.2. The fourth-order valence-corrected chi connectivity index (χ4v) is 5.69. The third-order valence-electron chi connectivity index (χ3n) is 6.16. The average Bonchev–Trinajstić information content (AvgIpc) is 3.37. The topological polar surface area (TPSA) is 90.3 Å². The van der Waals surface area contributed by atoms with Crippen molar-refractivity contribution in [3.05, 3.63) is 21.4 Å². The average molecular weight is 411 g/mol. The van der Waals surface area contributed by atoms with E-state index in [4.69, 9.17) is 14.6 Å². The molecule has 1 aromatic heterocycles. The number of amides is 1. The molecule has 7 nitrogen and oxygen atoms in total. The Labute approximate surface area is 169 Å². The van der Waals surface area contributed by atoms with Gasteiger partial charge in [-0.05, 0) is 37.4 Å². The van der Waals surface area contributed by atoms with E-state index in [0.717, 1.165) is 63.3 Å². The Morgan fingerprint density at radius 2 is 2.11 bits per heavy atom. The highest BCUT2D eigenvalue weighted by atomic mass is 32.1. The van der Waals surface area contributed by atoms with Gasteiger partial charge in [-0.1, -0.05) is 6.92 Å². The summed E-state index contributed by atoms with van der Waals surface area (Å²) in [5.74, 6) is 0.378. The molecule has 4 rings (SSSR count). The predicted octanol–water partition coefficient (Wildman–Crippen LogP) is 1.79. The first-order valence-corrected chi connectivity index (χ1v) is 10.9. The zero-order valence-electron chi connectivity index (χ0n) is 16.4. The number of ether oxygens (including phenoxy) is 1. The van der Waals surface area contributed by atoms with E-state index in [1.54, 1.807) is 11.3 Å². The van der Waals surface area contributed by atoms with Crippen molar-refractivity contribution in [3.63, 3.8) is 0 Å². The van der Waals surface area contributed by atoms with E-state index in [-0.39, 0.29) is 30.5 Å². The molecule has 28 heavy (non-hydrogen) atoms. The summed E-state index contributed by atoms with van der Waals surface area (Å²) >= 11 is 1.67. The molecule has 0 saturated carbocycles. The van der Waals surface area contributed by atoms with Crippen LogP contribution in [0, 0.1) is 5.92 Å². The number of piperidine rings is 1. The van der Waals surface area contributed by atoms with Gasteiger partial charge in [0.15, 0.2) is 0 Å². The van der Waals surface area contributed by atoms with Gasteiger partial charge in [-0.3, -0.25) is 9.59 Å². The maximum absolute atomic E-state index is 12.9. The lowest BCUT2D eigenvalue weighted by Gasteiger charge is -2.43. The summed E-state index contributed by atoms with van der Waals surface area (Å²) < 4.78 is 6.30. The van der Waals surface area contributed by atoms with Crippen molar-refractivity contribution in [2.75, 3.05) is 45.9 Å². The van der Waals surface area contributed by atoms with Crippen LogP contribution < -0.4 is 0 Å². The maximum Gasteiger partial charge on any atom is 0.290 e. The number of fused-ring (bicyclic) bond motifs is 2. The normalized spacial score (nSPS) is 23.8. The Hall–Kier alpha value is -1.48. The molecule has 2 saturated heterocycles. The van der Waals surface area contributed by atoms with Crippen molar-refractivity contribution in [2.45, 2.75) is 38.2 Å². The highest BCUT2D eigenvalue weighted by molar-refractivity contribution is 7.14. The van der Waals surface area contributed by atoms with Gasteiger partial charge in [0.1, 0.15) is 0 Å².